The predicted octanol–water partition coefficient (Wildman–Crippen LogP) is -1.20. The van der Waals surface area contributed by atoms with Crippen LogP contribution in [0, 0.1) is 6.92 Å². The molecule has 0 saturated carbocycles. The average molecular weight is 252 g/mol. The third-order valence-corrected chi connectivity index (χ3v) is 2.42. The normalized spacial score (nSPS) is 15.7. The highest BCUT2D eigenvalue weighted by Gasteiger charge is 2.26. The summed E-state index contributed by atoms with van der Waals surface area (Å²) in [5.41, 5.74) is 0. The zero-order valence-corrected chi connectivity index (χ0v) is 9.80. The van der Waals surface area contributed by atoms with E-state index in [2.05, 4.69) is 15.5 Å². The van der Waals surface area contributed by atoms with Crippen LogP contribution in [0.3, 0.4) is 0 Å². The number of nitrogens with zero attached hydrogens (tertiary/aromatic N) is 3. The third-order valence-electron chi connectivity index (χ3n) is 2.42. The summed E-state index contributed by atoms with van der Waals surface area (Å²) in [5.74, 6) is -0.339. The van der Waals surface area contributed by atoms with Gasteiger partial charge in [0.1, 0.15) is 13.1 Å². The number of aryl methyl sites for hydroxylation is 2. The van der Waals surface area contributed by atoms with Crippen molar-refractivity contribution in [2.24, 2.45) is 0 Å². The first-order chi connectivity index (χ1) is 8.54. The second-order valence-corrected chi connectivity index (χ2v) is 3.96. The number of nitrogens with one attached hydrogen (secondary N) is 1. The largest absolute Gasteiger partial charge is 0.339 e. The van der Waals surface area contributed by atoms with Gasteiger partial charge in [-0.2, -0.15) is 4.98 Å². The van der Waals surface area contributed by atoms with Crippen molar-refractivity contribution in [2.75, 3.05) is 13.1 Å². The maximum atomic E-state index is 11.8. The fourth-order valence-corrected chi connectivity index (χ4v) is 1.63. The summed E-state index contributed by atoms with van der Waals surface area (Å²) in [6.07, 6.45) is 0.425. The first-order valence-electron chi connectivity index (χ1n) is 5.44. The summed E-state index contributed by atoms with van der Waals surface area (Å²) >= 11 is 0. The van der Waals surface area contributed by atoms with E-state index in [1.807, 2.05) is 0 Å². The molecule has 1 aromatic rings. The van der Waals surface area contributed by atoms with Gasteiger partial charge < -0.3 is 9.42 Å². The first-order valence-corrected chi connectivity index (χ1v) is 5.44. The Kier molecular flexibility index (Phi) is 3.35. The highest BCUT2D eigenvalue weighted by Crippen LogP contribution is 2.04. The van der Waals surface area contributed by atoms with Crippen LogP contribution in [-0.2, 0) is 20.8 Å². The molecule has 8 heteroatoms. The van der Waals surface area contributed by atoms with Crippen LogP contribution in [-0.4, -0.2) is 45.9 Å². The molecule has 1 aromatic heterocycles. The van der Waals surface area contributed by atoms with Crippen molar-refractivity contribution in [1.82, 2.24) is 20.4 Å². The summed E-state index contributed by atoms with van der Waals surface area (Å²) in [5, 5.41) is 5.73. The summed E-state index contributed by atoms with van der Waals surface area (Å²) in [6.45, 7) is 1.50. The Morgan fingerprint density at radius 2 is 2.06 bits per heavy atom. The highest BCUT2D eigenvalue weighted by molar-refractivity contribution is 6.02. The number of hydrogen-bond acceptors (Lipinski definition) is 6. The minimum atomic E-state index is -0.465. The summed E-state index contributed by atoms with van der Waals surface area (Å²) < 4.78 is 4.87. The number of imide groups is 1. The Balaban J connectivity index is 1.87. The van der Waals surface area contributed by atoms with E-state index in [0.29, 0.717) is 18.1 Å². The molecule has 18 heavy (non-hydrogen) atoms. The van der Waals surface area contributed by atoms with Crippen molar-refractivity contribution < 1.29 is 18.9 Å². The van der Waals surface area contributed by atoms with E-state index in [4.69, 9.17) is 4.52 Å². The number of rotatable bonds is 3. The molecule has 0 bridgehead atoms. The van der Waals surface area contributed by atoms with E-state index in [-0.39, 0.29) is 25.4 Å². The van der Waals surface area contributed by atoms with E-state index < -0.39 is 11.8 Å². The quantitative estimate of drug-likeness (QED) is 0.677. The highest BCUT2D eigenvalue weighted by atomic mass is 16.5. The van der Waals surface area contributed by atoms with Crippen molar-refractivity contribution in [3.63, 3.8) is 0 Å². The van der Waals surface area contributed by atoms with Crippen molar-refractivity contribution >= 4 is 17.7 Å². The van der Waals surface area contributed by atoms with E-state index in [9.17, 15) is 14.4 Å². The van der Waals surface area contributed by atoms with Gasteiger partial charge in [-0.25, -0.2) is 0 Å². The Morgan fingerprint density at radius 3 is 2.61 bits per heavy atom. The lowest BCUT2D eigenvalue weighted by atomic mass is 10.2. The SMILES string of the molecule is Cc1noc(CCC(=O)N2CC(=O)NC(=O)C2)n1. The fourth-order valence-electron chi connectivity index (χ4n) is 1.63. The molecular weight excluding hydrogens is 240 g/mol. The van der Waals surface area contributed by atoms with Crippen LogP contribution in [0.5, 0.6) is 0 Å². The van der Waals surface area contributed by atoms with E-state index in [1.165, 1.54) is 4.90 Å². The first kappa shape index (κ1) is 12.2. The van der Waals surface area contributed by atoms with Gasteiger partial charge in [-0.3, -0.25) is 19.7 Å². The molecule has 2 rings (SSSR count). The molecule has 1 aliphatic heterocycles. The number of carbonyl (C=O) groups is 3. The lowest BCUT2D eigenvalue weighted by molar-refractivity contribution is -0.145. The van der Waals surface area contributed by atoms with Crippen LogP contribution >= 0.6 is 0 Å². The number of carbonyl (C=O) groups excluding carboxylic acids is 3. The van der Waals surface area contributed by atoms with Gasteiger partial charge in [0.15, 0.2) is 5.82 Å². The molecule has 96 valence electrons. The monoisotopic (exact) mass is 252 g/mol. The molecule has 3 amide bonds. The Bertz CT molecular complexity index is 480. The zero-order chi connectivity index (χ0) is 13.1. The van der Waals surface area contributed by atoms with Gasteiger partial charge in [0.05, 0.1) is 0 Å². The molecule has 0 aliphatic carbocycles. The molecule has 2 heterocycles. The standard InChI is InChI=1S/C10H12N4O4/c1-6-11-9(18-13-6)2-3-10(17)14-4-7(15)12-8(16)5-14/h2-5H2,1H3,(H,12,15,16). The summed E-state index contributed by atoms with van der Waals surface area (Å²) in [6, 6.07) is 0. The van der Waals surface area contributed by atoms with E-state index in [1.54, 1.807) is 6.92 Å². The van der Waals surface area contributed by atoms with E-state index in [0.717, 1.165) is 0 Å². The molecule has 0 unspecified atom stereocenters. The number of amides is 3. The smallest absolute Gasteiger partial charge is 0.246 e. The summed E-state index contributed by atoms with van der Waals surface area (Å²) in [7, 11) is 0. The second kappa shape index (κ2) is 4.94. The lowest BCUT2D eigenvalue weighted by Gasteiger charge is -2.25. The lowest BCUT2D eigenvalue weighted by Crippen LogP contribution is -2.53. The average Bonchev–Trinajstić information content (AvgIpc) is 2.70. The molecular formula is C10H12N4O4. The molecule has 1 saturated heterocycles. The number of piperazine rings is 1. The van der Waals surface area contributed by atoms with Gasteiger partial charge >= 0.3 is 0 Å². The molecule has 0 aromatic carbocycles. The van der Waals surface area contributed by atoms with Crippen LogP contribution < -0.4 is 5.32 Å². The molecule has 1 fully saturated rings. The molecule has 0 radical (unpaired) electrons. The van der Waals surface area contributed by atoms with Crippen molar-refractivity contribution in [1.29, 1.82) is 0 Å². The van der Waals surface area contributed by atoms with Crippen LogP contribution in [0.2, 0.25) is 0 Å². The summed E-state index contributed by atoms with van der Waals surface area (Å²) in [4.78, 5) is 39.1. The van der Waals surface area contributed by atoms with E-state index >= 15 is 0 Å². The van der Waals surface area contributed by atoms with Gasteiger partial charge in [-0.05, 0) is 6.92 Å². The van der Waals surface area contributed by atoms with Gasteiger partial charge in [-0.1, -0.05) is 5.16 Å². The Labute approximate surface area is 102 Å². The van der Waals surface area contributed by atoms with Crippen LogP contribution in [0.1, 0.15) is 18.1 Å². The number of hydrogen-bond donors (Lipinski definition) is 1. The number of aromatic nitrogens is 2. The van der Waals surface area contributed by atoms with Gasteiger partial charge in [0, 0.05) is 12.8 Å². The van der Waals surface area contributed by atoms with Gasteiger partial charge in [0.25, 0.3) is 0 Å². The van der Waals surface area contributed by atoms with Crippen molar-refractivity contribution in [3.05, 3.63) is 11.7 Å². The molecule has 1 aliphatic rings. The minimum Gasteiger partial charge on any atom is -0.339 e. The topological polar surface area (TPSA) is 105 Å². The van der Waals surface area contributed by atoms with Crippen LogP contribution in [0.25, 0.3) is 0 Å². The predicted molar refractivity (Wildman–Crippen MR) is 57.1 cm³/mol. The maximum absolute atomic E-state index is 11.8. The van der Waals surface area contributed by atoms with Crippen LogP contribution in [0.15, 0.2) is 4.52 Å². The molecule has 1 N–H and O–H groups in total. The third kappa shape index (κ3) is 2.90. The second-order valence-electron chi connectivity index (χ2n) is 3.96. The van der Waals surface area contributed by atoms with Crippen molar-refractivity contribution in [3.8, 4) is 0 Å². The zero-order valence-electron chi connectivity index (χ0n) is 9.80. The Morgan fingerprint density at radius 1 is 1.39 bits per heavy atom. The molecule has 0 spiro atoms. The fraction of sp³-hybridized carbons (Fsp3) is 0.500. The van der Waals surface area contributed by atoms with Gasteiger partial charge in [-0.15, -0.1) is 0 Å². The molecule has 0 atom stereocenters. The molecule has 8 nitrogen and oxygen atoms in total. The van der Waals surface area contributed by atoms with Crippen molar-refractivity contribution in [2.45, 2.75) is 19.8 Å². The Hall–Kier alpha value is -2.25. The van der Waals surface area contributed by atoms with Gasteiger partial charge in [0.2, 0.25) is 23.6 Å². The maximum Gasteiger partial charge on any atom is 0.246 e. The minimum absolute atomic E-state index is 0.0898. The van der Waals surface area contributed by atoms with Crippen LogP contribution in [0.4, 0.5) is 0 Å².